The molecular formula is C25H36N4. The number of benzene rings is 2. The van der Waals surface area contributed by atoms with Gasteiger partial charge in [0, 0.05) is 50.6 Å². The molecule has 2 fully saturated rings. The van der Waals surface area contributed by atoms with E-state index < -0.39 is 0 Å². The molecule has 0 aromatic heterocycles. The molecular weight excluding hydrogens is 356 g/mol. The van der Waals surface area contributed by atoms with Gasteiger partial charge in [0.15, 0.2) is 0 Å². The van der Waals surface area contributed by atoms with Crippen molar-refractivity contribution in [1.82, 2.24) is 10.6 Å². The van der Waals surface area contributed by atoms with Crippen LogP contribution in [-0.2, 0) is 13.1 Å². The van der Waals surface area contributed by atoms with Crippen LogP contribution in [0.25, 0.3) is 0 Å². The minimum Gasteiger partial charge on any atom is -0.372 e. The van der Waals surface area contributed by atoms with Crippen LogP contribution in [0.3, 0.4) is 0 Å². The molecule has 2 aliphatic rings. The van der Waals surface area contributed by atoms with Gasteiger partial charge in [-0.05, 0) is 80.6 Å². The maximum atomic E-state index is 3.57. The molecule has 0 saturated carbocycles. The van der Waals surface area contributed by atoms with E-state index in [4.69, 9.17) is 0 Å². The molecule has 0 unspecified atom stereocenters. The standard InChI is InChI=1S/C25H36N4/c1-2-17-28(16-1)24-10-6-22(7-11-24)20-26-14-5-15-27-21-23-8-12-25(13-9-23)29-18-3-4-19-29/h6-13,26-27H,1-5,14-21H2. The molecule has 4 nitrogen and oxygen atoms in total. The van der Waals surface area contributed by atoms with Crippen LogP contribution >= 0.6 is 0 Å². The highest BCUT2D eigenvalue weighted by Gasteiger charge is 2.12. The molecule has 2 saturated heterocycles. The first-order valence-electron chi connectivity index (χ1n) is 11.5. The molecule has 0 amide bonds. The Morgan fingerprint density at radius 2 is 0.931 bits per heavy atom. The minimum absolute atomic E-state index is 0.957. The highest BCUT2D eigenvalue weighted by atomic mass is 15.1. The molecule has 0 radical (unpaired) electrons. The first-order valence-corrected chi connectivity index (χ1v) is 11.5. The summed E-state index contributed by atoms with van der Waals surface area (Å²) in [7, 11) is 0. The van der Waals surface area contributed by atoms with Crippen LogP contribution in [0.4, 0.5) is 11.4 Å². The lowest BCUT2D eigenvalue weighted by Gasteiger charge is -2.18. The quantitative estimate of drug-likeness (QED) is 0.595. The van der Waals surface area contributed by atoms with E-state index in [2.05, 4.69) is 69.0 Å². The predicted octanol–water partition coefficient (Wildman–Crippen LogP) is 4.16. The summed E-state index contributed by atoms with van der Waals surface area (Å²) in [5, 5.41) is 7.14. The Labute approximate surface area is 176 Å². The molecule has 29 heavy (non-hydrogen) atoms. The fourth-order valence-corrected chi connectivity index (χ4v) is 4.40. The molecule has 2 heterocycles. The van der Waals surface area contributed by atoms with Crippen LogP contribution in [-0.4, -0.2) is 39.3 Å². The summed E-state index contributed by atoms with van der Waals surface area (Å²) in [6.45, 7) is 8.88. The molecule has 0 spiro atoms. The van der Waals surface area contributed by atoms with Gasteiger partial charge in [0.1, 0.15) is 0 Å². The van der Waals surface area contributed by atoms with Gasteiger partial charge in [0.2, 0.25) is 0 Å². The predicted molar refractivity (Wildman–Crippen MR) is 124 cm³/mol. The van der Waals surface area contributed by atoms with E-state index in [9.17, 15) is 0 Å². The summed E-state index contributed by atoms with van der Waals surface area (Å²) >= 11 is 0. The Morgan fingerprint density at radius 3 is 1.31 bits per heavy atom. The van der Waals surface area contributed by atoms with Gasteiger partial charge < -0.3 is 20.4 Å². The number of nitrogens with zero attached hydrogens (tertiary/aromatic N) is 2. The second kappa shape index (κ2) is 10.7. The maximum absolute atomic E-state index is 3.57. The minimum atomic E-state index is 0.957. The van der Waals surface area contributed by atoms with E-state index in [0.717, 1.165) is 32.6 Å². The molecule has 0 aliphatic carbocycles. The number of nitrogens with one attached hydrogen (secondary N) is 2. The van der Waals surface area contributed by atoms with Crippen LogP contribution < -0.4 is 20.4 Å². The number of anilines is 2. The van der Waals surface area contributed by atoms with E-state index in [1.54, 1.807) is 0 Å². The van der Waals surface area contributed by atoms with Crippen LogP contribution in [0.2, 0.25) is 0 Å². The Kier molecular flexibility index (Phi) is 7.44. The van der Waals surface area contributed by atoms with Crippen LogP contribution in [0.5, 0.6) is 0 Å². The van der Waals surface area contributed by atoms with Crippen molar-refractivity contribution in [3.8, 4) is 0 Å². The Bertz CT molecular complexity index is 650. The van der Waals surface area contributed by atoms with E-state index in [-0.39, 0.29) is 0 Å². The first kappa shape index (κ1) is 20.2. The van der Waals surface area contributed by atoms with Crippen LogP contribution in [0.1, 0.15) is 43.2 Å². The molecule has 0 bridgehead atoms. The summed E-state index contributed by atoms with van der Waals surface area (Å²) in [6, 6.07) is 18.2. The van der Waals surface area contributed by atoms with Gasteiger partial charge in [0.05, 0.1) is 0 Å². The van der Waals surface area contributed by atoms with Gasteiger partial charge in [-0.25, -0.2) is 0 Å². The van der Waals surface area contributed by atoms with Crippen molar-refractivity contribution in [2.75, 3.05) is 49.1 Å². The van der Waals surface area contributed by atoms with E-state index in [1.807, 2.05) is 0 Å². The van der Waals surface area contributed by atoms with Gasteiger partial charge in [0.25, 0.3) is 0 Å². The number of hydrogen-bond acceptors (Lipinski definition) is 4. The summed E-state index contributed by atoms with van der Waals surface area (Å²) < 4.78 is 0. The highest BCUT2D eigenvalue weighted by molar-refractivity contribution is 5.49. The van der Waals surface area contributed by atoms with Gasteiger partial charge in [-0.3, -0.25) is 0 Å². The van der Waals surface area contributed by atoms with Gasteiger partial charge in [-0.1, -0.05) is 24.3 Å². The second-order valence-electron chi connectivity index (χ2n) is 8.43. The van der Waals surface area contributed by atoms with E-state index >= 15 is 0 Å². The molecule has 2 aromatic rings. The molecule has 4 heteroatoms. The first-order chi connectivity index (χ1) is 14.4. The normalized spacial score (nSPS) is 16.7. The average molecular weight is 393 g/mol. The van der Waals surface area contributed by atoms with E-state index in [1.165, 1.54) is 74.4 Å². The van der Waals surface area contributed by atoms with Crippen molar-refractivity contribution in [1.29, 1.82) is 0 Å². The SMILES string of the molecule is c1cc(N2CCCC2)ccc1CNCCCNCc1ccc(N2CCCC2)cc1. The zero-order valence-corrected chi connectivity index (χ0v) is 17.7. The third-order valence-corrected chi connectivity index (χ3v) is 6.18. The number of hydrogen-bond donors (Lipinski definition) is 2. The Hall–Kier alpha value is -2.04. The lowest BCUT2D eigenvalue weighted by Crippen LogP contribution is -2.22. The summed E-state index contributed by atoms with van der Waals surface area (Å²) in [6.07, 6.45) is 6.49. The molecule has 156 valence electrons. The molecule has 0 atom stereocenters. The van der Waals surface area contributed by atoms with Crippen molar-refractivity contribution < 1.29 is 0 Å². The van der Waals surface area contributed by atoms with Crippen molar-refractivity contribution in [2.45, 2.75) is 45.2 Å². The van der Waals surface area contributed by atoms with Crippen LogP contribution in [0.15, 0.2) is 48.5 Å². The highest BCUT2D eigenvalue weighted by Crippen LogP contribution is 2.21. The van der Waals surface area contributed by atoms with Crippen molar-refractivity contribution in [3.63, 3.8) is 0 Å². The Balaban J connectivity index is 1.07. The molecule has 4 rings (SSSR count). The van der Waals surface area contributed by atoms with E-state index in [0.29, 0.717) is 0 Å². The topological polar surface area (TPSA) is 30.5 Å². The summed E-state index contributed by atoms with van der Waals surface area (Å²) in [5.74, 6) is 0. The maximum Gasteiger partial charge on any atom is 0.0366 e. The van der Waals surface area contributed by atoms with Gasteiger partial charge in [-0.15, -0.1) is 0 Å². The lowest BCUT2D eigenvalue weighted by atomic mass is 10.2. The Morgan fingerprint density at radius 1 is 0.552 bits per heavy atom. The summed E-state index contributed by atoms with van der Waals surface area (Å²) in [4.78, 5) is 4.98. The van der Waals surface area contributed by atoms with Crippen molar-refractivity contribution in [2.24, 2.45) is 0 Å². The van der Waals surface area contributed by atoms with Gasteiger partial charge >= 0.3 is 0 Å². The van der Waals surface area contributed by atoms with Gasteiger partial charge in [-0.2, -0.15) is 0 Å². The zero-order valence-electron chi connectivity index (χ0n) is 17.7. The monoisotopic (exact) mass is 392 g/mol. The fourth-order valence-electron chi connectivity index (χ4n) is 4.40. The molecule has 2 N–H and O–H groups in total. The second-order valence-corrected chi connectivity index (χ2v) is 8.43. The smallest absolute Gasteiger partial charge is 0.0366 e. The third-order valence-electron chi connectivity index (χ3n) is 6.18. The lowest BCUT2D eigenvalue weighted by molar-refractivity contribution is 0.595. The zero-order chi connectivity index (χ0) is 19.7. The summed E-state index contributed by atoms with van der Waals surface area (Å²) in [5.41, 5.74) is 5.51. The molecule has 2 aromatic carbocycles. The largest absolute Gasteiger partial charge is 0.372 e. The van der Waals surface area contributed by atoms with Crippen LogP contribution in [0, 0.1) is 0 Å². The molecule has 2 aliphatic heterocycles. The van der Waals surface area contributed by atoms with Crippen molar-refractivity contribution >= 4 is 11.4 Å². The number of rotatable bonds is 10. The van der Waals surface area contributed by atoms with Crippen molar-refractivity contribution in [3.05, 3.63) is 59.7 Å². The average Bonchev–Trinajstić information content (AvgIpc) is 3.48. The fraction of sp³-hybridized carbons (Fsp3) is 0.520. The third kappa shape index (κ3) is 5.97.